The van der Waals surface area contributed by atoms with Crippen LogP contribution >= 0.6 is 0 Å². The van der Waals surface area contributed by atoms with Crippen molar-refractivity contribution in [3.8, 4) is 0 Å². The zero-order valence-corrected chi connectivity index (χ0v) is 19.2. The maximum atomic E-state index is 13.1. The highest BCUT2D eigenvalue weighted by Crippen LogP contribution is 2.23. The number of methoxy groups -OCH3 is 1. The Hall–Kier alpha value is -4.27. The van der Waals surface area contributed by atoms with E-state index in [1.54, 1.807) is 51.2 Å². The molecule has 3 aromatic heterocycles. The Kier molecular flexibility index (Phi) is 5.78. The summed E-state index contributed by atoms with van der Waals surface area (Å²) in [5.41, 5.74) is 0.546. The van der Waals surface area contributed by atoms with Crippen LogP contribution in [0.25, 0.3) is 21.7 Å². The Bertz CT molecular complexity index is 1510. The molecule has 3 heterocycles. The van der Waals surface area contributed by atoms with Gasteiger partial charge in [-0.2, -0.15) is 0 Å². The van der Waals surface area contributed by atoms with Gasteiger partial charge in [-0.1, -0.05) is 12.1 Å². The van der Waals surface area contributed by atoms with Gasteiger partial charge < -0.3 is 14.0 Å². The second kappa shape index (κ2) is 8.58. The number of esters is 1. The standard InChI is InChI=1S/C25H23N3O6/c1-25(2,3)34-24(32)28-17(14-29)10-16-6-5-15(9-21(16)28)13-27-8-7-18-19(22(27)30)11-26-12-20(18)23(31)33-4/h5-12,14H,13H2,1-4H3. The van der Waals surface area contributed by atoms with Crippen molar-refractivity contribution < 1.29 is 23.9 Å². The van der Waals surface area contributed by atoms with Crippen LogP contribution in [0.5, 0.6) is 0 Å². The number of carbonyl (C=O) groups excluding carboxylic acids is 3. The Morgan fingerprint density at radius 3 is 2.53 bits per heavy atom. The number of hydrogen-bond donors (Lipinski definition) is 0. The summed E-state index contributed by atoms with van der Waals surface area (Å²) < 4.78 is 12.9. The molecule has 0 saturated carbocycles. The smallest absolute Gasteiger partial charge is 0.419 e. The number of nitrogens with zero attached hydrogens (tertiary/aromatic N) is 3. The fraction of sp³-hybridized carbons (Fsp3) is 0.240. The Labute approximate surface area is 194 Å². The van der Waals surface area contributed by atoms with Crippen LogP contribution in [0.15, 0.2) is 53.7 Å². The van der Waals surface area contributed by atoms with Gasteiger partial charge in [-0.3, -0.25) is 14.6 Å². The van der Waals surface area contributed by atoms with E-state index in [0.717, 1.165) is 5.56 Å². The lowest BCUT2D eigenvalue weighted by atomic mass is 10.1. The third-order valence-corrected chi connectivity index (χ3v) is 5.25. The van der Waals surface area contributed by atoms with Gasteiger partial charge in [0.1, 0.15) is 5.60 Å². The molecule has 0 saturated heterocycles. The molecule has 4 rings (SSSR count). The monoisotopic (exact) mass is 461 g/mol. The number of pyridine rings is 2. The molecular formula is C25H23N3O6. The summed E-state index contributed by atoms with van der Waals surface area (Å²) in [6, 6.07) is 8.61. The highest BCUT2D eigenvalue weighted by Gasteiger charge is 2.22. The molecule has 0 amide bonds. The predicted molar refractivity (Wildman–Crippen MR) is 125 cm³/mol. The summed E-state index contributed by atoms with van der Waals surface area (Å²) in [7, 11) is 1.27. The van der Waals surface area contributed by atoms with Gasteiger partial charge in [0, 0.05) is 29.4 Å². The van der Waals surface area contributed by atoms with Gasteiger partial charge in [-0.05, 0) is 44.5 Å². The van der Waals surface area contributed by atoms with Gasteiger partial charge in [0.25, 0.3) is 5.56 Å². The number of aldehydes is 1. The maximum Gasteiger partial charge on any atom is 0.419 e. The molecule has 0 aliphatic rings. The Morgan fingerprint density at radius 1 is 1.09 bits per heavy atom. The zero-order valence-electron chi connectivity index (χ0n) is 19.2. The molecule has 4 aromatic rings. The fourth-order valence-corrected chi connectivity index (χ4v) is 3.77. The van der Waals surface area contributed by atoms with Crippen LogP contribution < -0.4 is 5.56 Å². The van der Waals surface area contributed by atoms with Crippen molar-refractivity contribution >= 4 is 40.0 Å². The molecule has 0 N–H and O–H groups in total. The minimum Gasteiger partial charge on any atom is -0.465 e. The summed E-state index contributed by atoms with van der Waals surface area (Å²) in [5.74, 6) is -0.574. The van der Waals surface area contributed by atoms with Crippen LogP contribution in [-0.4, -0.2) is 45.2 Å². The van der Waals surface area contributed by atoms with E-state index in [2.05, 4.69) is 4.98 Å². The van der Waals surface area contributed by atoms with Gasteiger partial charge in [0.05, 0.1) is 35.8 Å². The van der Waals surface area contributed by atoms with Crippen molar-refractivity contribution in [3.05, 3.63) is 76.1 Å². The lowest BCUT2D eigenvalue weighted by molar-refractivity contribution is 0.0537. The third-order valence-electron chi connectivity index (χ3n) is 5.25. The maximum absolute atomic E-state index is 13.1. The highest BCUT2D eigenvalue weighted by atomic mass is 16.6. The van der Waals surface area contributed by atoms with Crippen molar-refractivity contribution in [3.63, 3.8) is 0 Å². The number of rotatable bonds is 4. The number of fused-ring (bicyclic) bond motifs is 2. The summed E-state index contributed by atoms with van der Waals surface area (Å²) in [5, 5.41) is 1.43. The average molecular weight is 461 g/mol. The zero-order chi connectivity index (χ0) is 24.6. The van der Waals surface area contributed by atoms with E-state index in [0.29, 0.717) is 22.6 Å². The first kappa shape index (κ1) is 22.9. The molecule has 0 bridgehead atoms. The SMILES string of the molecule is COC(=O)c1cncc2c(=O)n(Cc3ccc4cc(C=O)n(C(=O)OC(C)(C)C)c4c3)ccc12. The van der Waals surface area contributed by atoms with Crippen molar-refractivity contribution in [2.75, 3.05) is 7.11 Å². The van der Waals surface area contributed by atoms with Crippen molar-refractivity contribution in [1.29, 1.82) is 0 Å². The average Bonchev–Trinajstić information content (AvgIpc) is 3.17. The quantitative estimate of drug-likeness (QED) is 0.336. The van der Waals surface area contributed by atoms with Crippen LogP contribution in [0.4, 0.5) is 4.79 Å². The lowest BCUT2D eigenvalue weighted by Gasteiger charge is -2.20. The van der Waals surface area contributed by atoms with Crippen LogP contribution in [0.1, 0.15) is 47.2 Å². The largest absolute Gasteiger partial charge is 0.465 e. The Balaban J connectivity index is 1.77. The molecular weight excluding hydrogens is 438 g/mol. The van der Waals surface area contributed by atoms with Crippen LogP contribution in [0, 0.1) is 0 Å². The van der Waals surface area contributed by atoms with E-state index in [1.807, 2.05) is 6.07 Å². The van der Waals surface area contributed by atoms with Crippen molar-refractivity contribution in [1.82, 2.24) is 14.1 Å². The number of ether oxygens (including phenoxy) is 2. The molecule has 1 aromatic carbocycles. The second-order valence-electron chi connectivity index (χ2n) is 8.78. The summed E-state index contributed by atoms with van der Waals surface area (Å²) in [4.78, 5) is 53.5. The van der Waals surface area contributed by atoms with E-state index < -0.39 is 17.7 Å². The van der Waals surface area contributed by atoms with E-state index >= 15 is 0 Å². The number of hydrogen-bond acceptors (Lipinski definition) is 7. The molecule has 9 heteroatoms. The first-order chi connectivity index (χ1) is 16.1. The van der Waals surface area contributed by atoms with Crippen LogP contribution in [0.3, 0.4) is 0 Å². The van der Waals surface area contributed by atoms with Gasteiger partial charge in [0.15, 0.2) is 6.29 Å². The fourth-order valence-electron chi connectivity index (χ4n) is 3.77. The van der Waals surface area contributed by atoms with E-state index in [9.17, 15) is 19.2 Å². The molecule has 0 unspecified atom stereocenters. The molecule has 9 nitrogen and oxygen atoms in total. The van der Waals surface area contributed by atoms with Crippen molar-refractivity contribution in [2.24, 2.45) is 0 Å². The van der Waals surface area contributed by atoms with Gasteiger partial charge >= 0.3 is 12.1 Å². The molecule has 0 fully saturated rings. The minimum atomic E-state index is -0.735. The molecule has 0 atom stereocenters. The molecule has 0 aliphatic carbocycles. The molecule has 34 heavy (non-hydrogen) atoms. The topological polar surface area (TPSA) is 109 Å². The first-order valence-electron chi connectivity index (χ1n) is 10.5. The minimum absolute atomic E-state index is 0.172. The first-order valence-corrected chi connectivity index (χ1v) is 10.5. The normalized spacial score (nSPS) is 11.5. The highest BCUT2D eigenvalue weighted by molar-refractivity contribution is 6.03. The number of aromatic nitrogens is 3. The van der Waals surface area contributed by atoms with Crippen molar-refractivity contribution in [2.45, 2.75) is 32.9 Å². The van der Waals surface area contributed by atoms with Crippen LogP contribution in [-0.2, 0) is 16.0 Å². The van der Waals surface area contributed by atoms with Gasteiger partial charge in [0.2, 0.25) is 0 Å². The van der Waals surface area contributed by atoms with Crippen LogP contribution in [0.2, 0.25) is 0 Å². The number of carbonyl (C=O) groups is 3. The summed E-state index contributed by atoms with van der Waals surface area (Å²) in [6.07, 6.45) is 4.30. The number of benzene rings is 1. The van der Waals surface area contributed by atoms with E-state index in [-0.39, 0.29) is 28.7 Å². The molecule has 0 radical (unpaired) electrons. The lowest BCUT2D eigenvalue weighted by Crippen LogP contribution is -2.28. The summed E-state index contributed by atoms with van der Waals surface area (Å²) in [6.45, 7) is 5.43. The molecule has 0 spiro atoms. The molecule has 174 valence electrons. The Morgan fingerprint density at radius 2 is 1.85 bits per heavy atom. The second-order valence-corrected chi connectivity index (χ2v) is 8.78. The van der Waals surface area contributed by atoms with E-state index in [1.165, 1.54) is 28.6 Å². The molecule has 0 aliphatic heterocycles. The summed E-state index contributed by atoms with van der Waals surface area (Å²) >= 11 is 0. The predicted octanol–water partition coefficient (Wildman–Crippen LogP) is 3.78. The van der Waals surface area contributed by atoms with E-state index in [4.69, 9.17) is 9.47 Å². The third kappa shape index (κ3) is 4.19. The van der Waals surface area contributed by atoms with Gasteiger partial charge in [-0.15, -0.1) is 0 Å². The van der Waals surface area contributed by atoms with Gasteiger partial charge in [-0.25, -0.2) is 14.2 Å².